The smallest absolute Gasteiger partial charge is 0.0973 e. The maximum atomic E-state index is 2.34. The molecule has 0 bridgehead atoms. The van der Waals surface area contributed by atoms with Gasteiger partial charge in [-0.1, -0.05) is 6.08 Å². The molecule has 0 amide bonds. The van der Waals surface area contributed by atoms with Gasteiger partial charge >= 0.3 is 0 Å². The first-order valence-corrected chi connectivity index (χ1v) is 4.14. The van der Waals surface area contributed by atoms with Gasteiger partial charge in [-0.2, -0.15) is 0 Å². The topological polar surface area (TPSA) is 0 Å². The zero-order valence-corrected chi connectivity index (χ0v) is 7.30. The van der Waals surface area contributed by atoms with E-state index in [0.717, 1.165) is 6.04 Å². The molecule has 0 fully saturated rings. The van der Waals surface area contributed by atoms with E-state index in [0.29, 0.717) is 0 Å². The van der Waals surface area contributed by atoms with Crippen molar-refractivity contribution in [1.82, 2.24) is 0 Å². The van der Waals surface area contributed by atoms with E-state index >= 15 is 0 Å². The van der Waals surface area contributed by atoms with Crippen molar-refractivity contribution in [2.24, 2.45) is 0 Å². The molecule has 1 rings (SSSR count). The highest BCUT2D eigenvalue weighted by Crippen LogP contribution is 2.14. The summed E-state index contributed by atoms with van der Waals surface area (Å²) >= 11 is 0. The number of hydrogen-bond donors (Lipinski definition) is 0. The molecule has 0 aliphatic carbocycles. The van der Waals surface area contributed by atoms with Crippen molar-refractivity contribution in [2.75, 3.05) is 20.1 Å². The molecule has 0 radical (unpaired) electrons. The Morgan fingerprint density at radius 1 is 1.30 bits per heavy atom. The average molecular weight is 140 g/mol. The van der Waals surface area contributed by atoms with E-state index in [1.807, 2.05) is 0 Å². The zero-order valence-electron chi connectivity index (χ0n) is 7.30. The van der Waals surface area contributed by atoms with Crippen LogP contribution in [0.5, 0.6) is 0 Å². The molecule has 0 aromatic rings. The molecule has 10 heavy (non-hydrogen) atoms. The maximum Gasteiger partial charge on any atom is 0.0973 e. The van der Waals surface area contributed by atoms with Gasteiger partial charge in [-0.05, 0) is 19.9 Å². The van der Waals surface area contributed by atoms with E-state index in [-0.39, 0.29) is 0 Å². The van der Waals surface area contributed by atoms with Crippen molar-refractivity contribution < 1.29 is 4.48 Å². The minimum absolute atomic E-state index is 0.768. The summed E-state index contributed by atoms with van der Waals surface area (Å²) in [5, 5.41) is 0. The highest BCUT2D eigenvalue weighted by molar-refractivity contribution is 4.85. The van der Waals surface area contributed by atoms with Crippen LogP contribution >= 0.6 is 0 Å². The minimum Gasteiger partial charge on any atom is -0.321 e. The molecule has 1 aliphatic rings. The summed E-state index contributed by atoms with van der Waals surface area (Å²) in [5.41, 5.74) is 0. The Bertz CT molecular complexity index is 138. The van der Waals surface area contributed by atoms with Crippen LogP contribution in [0, 0.1) is 0 Å². The van der Waals surface area contributed by atoms with Crippen molar-refractivity contribution in [3.63, 3.8) is 0 Å². The van der Waals surface area contributed by atoms with Crippen LogP contribution in [0.2, 0.25) is 0 Å². The molecular formula is C9H18N+. The van der Waals surface area contributed by atoms with E-state index in [2.05, 4.69) is 33.0 Å². The van der Waals surface area contributed by atoms with Crippen LogP contribution in [0.25, 0.3) is 0 Å². The fourth-order valence-electron chi connectivity index (χ4n) is 1.36. The van der Waals surface area contributed by atoms with Crippen LogP contribution in [0.3, 0.4) is 0 Å². The van der Waals surface area contributed by atoms with Crippen LogP contribution in [-0.2, 0) is 0 Å². The lowest BCUT2D eigenvalue weighted by atomic mass is 10.1. The summed E-state index contributed by atoms with van der Waals surface area (Å²) in [4.78, 5) is 0. The van der Waals surface area contributed by atoms with Gasteiger partial charge in [0.25, 0.3) is 0 Å². The number of nitrogens with zero attached hydrogens (tertiary/aromatic N) is 1. The monoisotopic (exact) mass is 140 g/mol. The summed E-state index contributed by atoms with van der Waals surface area (Å²) in [6, 6.07) is 0.768. The van der Waals surface area contributed by atoms with Crippen LogP contribution in [0.4, 0.5) is 0 Å². The molecule has 1 aliphatic heterocycles. The molecule has 0 aromatic heterocycles. The SMILES string of the molecule is CC(C)[N+]1(C)CC=CCC1. The number of likely N-dealkylation sites (N-methyl/N-ethyl adjacent to an activating group) is 1. The predicted molar refractivity (Wildman–Crippen MR) is 44.8 cm³/mol. The van der Waals surface area contributed by atoms with Crippen LogP contribution in [0.1, 0.15) is 20.3 Å². The van der Waals surface area contributed by atoms with Gasteiger partial charge in [0, 0.05) is 6.42 Å². The Hall–Kier alpha value is -0.300. The molecule has 0 saturated carbocycles. The number of quaternary nitrogens is 1. The molecule has 1 heteroatoms. The quantitative estimate of drug-likeness (QED) is 0.385. The van der Waals surface area contributed by atoms with Gasteiger partial charge < -0.3 is 4.48 Å². The van der Waals surface area contributed by atoms with Crippen molar-refractivity contribution >= 4 is 0 Å². The van der Waals surface area contributed by atoms with Crippen LogP contribution in [0.15, 0.2) is 12.2 Å². The first kappa shape index (κ1) is 7.80. The lowest BCUT2D eigenvalue weighted by Crippen LogP contribution is -2.51. The molecule has 0 saturated heterocycles. The van der Waals surface area contributed by atoms with E-state index in [1.54, 1.807) is 0 Å². The standard InChI is InChI=1S/C9H18N/c1-9(2)10(3)7-5-4-6-8-10/h4-5,9H,6-8H2,1-3H3/q+1. The Balaban J connectivity index is 2.59. The van der Waals surface area contributed by atoms with E-state index < -0.39 is 0 Å². The Morgan fingerprint density at radius 2 is 2.00 bits per heavy atom. The molecule has 1 unspecified atom stereocenters. The Kier molecular flexibility index (Phi) is 2.14. The third kappa shape index (κ3) is 1.40. The normalized spacial score (nSPS) is 33.2. The van der Waals surface area contributed by atoms with Gasteiger partial charge in [0.15, 0.2) is 0 Å². The summed E-state index contributed by atoms with van der Waals surface area (Å²) in [6.07, 6.45) is 5.86. The third-order valence-electron chi connectivity index (χ3n) is 2.74. The van der Waals surface area contributed by atoms with Gasteiger partial charge in [-0.15, -0.1) is 0 Å². The maximum absolute atomic E-state index is 2.34. The second-order valence-corrected chi connectivity index (χ2v) is 3.74. The number of rotatable bonds is 1. The van der Waals surface area contributed by atoms with Crippen molar-refractivity contribution in [3.8, 4) is 0 Å². The van der Waals surface area contributed by atoms with Gasteiger partial charge in [0.05, 0.1) is 26.2 Å². The number of hydrogen-bond acceptors (Lipinski definition) is 0. The van der Waals surface area contributed by atoms with Crippen molar-refractivity contribution in [1.29, 1.82) is 0 Å². The highest BCUT2D eigenvalue weighted by atomic mass is 15.3. The molecular weight excluding hydrogens is 122 g/mol. The summed E-state index contributed by atoms with van der Waals surface area (Å²) in [5.74, 6) is 0. The van der Waals surface area contributed by atoms with Crippen LogP contribution in [-0.4, -0.2) is 30.7 Å². The Labute approximate surface area is 63.9 Å². The summed E-state index contributed by atoms with van der Waals surface area (Å²) < 4.78 is 1.22. The lowest BCUT2D eigenvalue weighted by molar-refractivity contribution is -0.925. The Morgan fingerprint density at radius 3 is 2.30 bits per heavy atom. The summed E-state index contributed by atoms with van der Waals surface area (Å²) in [7, 11) is 2.34. The molecule has 0 aromatic carbocycles. The molecule has 1 nitrogen and oxygen atoms in total. The second kappa shape index (κ2) is 2.75. The summed E-state index contributed by atoms with van der Waals surface area (Å²) in [6.45, 7) is 7.14. The average Bonchev–Trinajstić information content (AvgIpc) is 1.89. The lowest BCUT2D eigenvalue weighted by Gasteiger charge is -2.39. The minimum atomic E-state index is 0.768. The van der Waals surface area contributed by atoms with Gasteiger partial charge in [-0.3, -0.25) is 0 Å². The van der Waals surface area contributed by atoms with E-state index in [4.69, 9.17) is 0 Å². The third-order valence-corrected chi connectivity index (χ3v) is 2.74. The molecule has 0 N–H and O–H groups in total. The van der Waals surface area contributed by atoms with Crippen molar-refractivity contribution in [3.05, 3.63) is 12.2 Å². The van der Waals surface area contributed by atoms with Gasteiger partial charge in [0.1, 0.15) is 0 Å². The van der Waals surface area contributed by atoms with Gasteiger partial charge in [-0.25, -0.2) is 0 Å². The van der Waals surface area contributed by atoms with Crippen LogP contribution < -0.4 is 0 Å². The van der Waals surface area contributed by atoms with E-state index in [9.17, 15) is 0 Å². The van der Waals surface area contributed by atoms with E-state index in [1.165, 1.54) is 24.0 Å². The molecule has 0 spiro atoms. The molecule has 58 valence electrons. The fraction of sp³-hybridized carbons (Fsp3) is 0.778. The largest absolute Gasteiger partial charge is 0.321 e. The second-order valence-electron chi connectivity index (χ2n) is 3.74. The van der Waals surface area contributed by atoms with Crippen molar-refractivity contribution in [2.45, 2.75) is 26.3 Å². The highest BCUT2D eigenvalue weighted by Gasteiger charge is 2.24. The first-order valence-electron chi connectivity index (χ1n) is 4.14. The molecule has 1 heterocycles. The van der Waals surface area contributed by atoms with Gasteiger partial charge in [0.2, 0.25) is 0 Å². The predicted octanol–water partition coefficient (Wildman–Crippen LogP) is 1.80. The first-order chi connectivity index (χ1) is 4.65. The zero-order chi connectivity index (χ0) is 7.61. The fourth-order valence-corrected chi connectivity index (χ4v) is 1.36. The molecule has 1 atom stereocenters.